The van der Waals surface area contributed by atoms with Crippen molar-refractivity contribution in [3.8, 4) is 11.5 Å². The quantitative estimate of drug-likeness (QED) is 0.499. The average molecular weight is 395 g/mol. The first-order valence-electron chi connectivity index (χ1n) is 8.38. The van der Waals surface area contributed by atoms with Crippen molar-refractivity contribution in [1.29, 1.82) is 0 Å². The lowest BCUT2D eigenvalue weighted by Gasteiger charge is -2.14. The van der Waals surface area contributed by atoms with Gasteiger partial charge < -0.3 is 10.2 Å². The highest BCUT2D eigenvalue weighted by atomic mass is 33.5. The third-order valence-electron chi connectivity index (χ3n) is 4.11. The van der Waals surface area contributed by atoms with E-state index in [1.807, 2.05) is 26.0 Å². The lowest BCUT2D eigenvalue weighted by Crippen LogP contribution is -1.91. The molecule has 2 nitrogen and oxygen atoms in total. The van der Waals surface area contributed by atoms with E-state index in [0.717, 1.165) is 32.0 Å². The summed E-state index contributed by atoms with van der Waals surface area (Å²) in [5, 5.41) is 20.4. The molecule has 0 saturated heterocycles. The second-order valence-electron chi connectivity index (χ2n) is 6.90. The molecular formula is C20H26O2S3. The van der Waals surface area contributed by atoms with E-state index in [2.05, 4.69) is 39.8 Å². The van der Waals surface area contributed by atoms with Crippen molar-refractivity contribution in [3.05, 3.63) is 46.5 Å². The second-order valence-corrected chi connectivity index (χ2v) is 10.9. The van der Waals surface area contributed by atoms with Gasteiger partial charge in [0.05, 0.1) is 0 Å². The van der Waals surface area contributed by atoms with Crippen molar-refractivity contribution in [1.82, 2.24) is 0 Å². The zero-order valence-electron chi connectivity index (χ0n) is 15.6. The van der Waals surface area contributed by atoms with Crippen LogP contribution in [0.1, 0.15) is 61.8 Å². The third-order valence-corrected chi connectivity index (χ3v) is 7.89. The fraction of sp³-hybridized carbons (Fsp3) is 0.400. The number of rotatable bonds is 6. The normalized spacial score (nSPS) is 11.5. The van der Waals surface area contributed by atoms with E-state index in [1.54, 1.807) is 31.4 Å². The monoisotopic (exact) mass is 394 g/mol. The second kappa shape index (κ2) is 8.65. The van der Waals surface area contributed by atoms with Gasteiger partial charge in [-0.25, -0.2) is 0 Å². The van der Waals surface area contributed by atoms with Crippen molar-refractivity contribution in [3.63, 3.8) is 0 Å². The predicted molar refractivity (Wildman–Crippen MR) is 113 cm³/mol. The van der Waals surface area contributed by atoms with E-state index in [1.165, 1.54) is 0 Å². The van der Waals surface area contributed by atoms with Gasteiger partial charge in [-0.3, -0.25) is 0 Å². The summed E-state index contributed by atoms with van der Waals surface area (Å²) < 4.78 is 0. The van der Waals surface area contributed by atoms with Crippen molar-refractivity contribution in [2.45, 2.75) is 63.2 Å². The van der Waals surface area contributed by atoms with Crippen LogP contribution in [0.2, 0.25) is 0 Å². The summed E-state index contributed by atoms with van der Waals surface area (Å²) in [6.07, 6.45) is 0. The minimum Gasteiger partial charge on any atom is -0.507 e. The van der Waals surface area contributed by atoms with Gasteiger partial charge in [-0.2, -0.15) is 0 Å². The van der Waals surface area contributed by atoms with E-state index < -0.39 is 0 Å². The summed E-state index contributed by atoms with van der Waals surface area (Å²) >= 11 is 0. The predicted octanol–water partition coefficient (Wildman–Crippen LogP) is 7.41. The maximum absolute atomic E-state index is 10.2. The Kier molecular flexibility index (Phi) is 7.06. The summed E-state index contributed by atoms with van der Waals surface area (Å²) in [6.45, 7) is 12.3. The Morgan fingerprint density at radius 2 is 1.04 bits per heavy atom. The van der Waals surface area contributed by atoms with E-state index in [9.17, 15) is 10.2 Å². The molecule has 2 aromatic carbocycles. The third kappa shape index (κ3) is 5.05. The number of aryl methyl sites for hydroxylation is 2. The van der Waals surface area contributed by atoms with Gasteiger partial charge in [-0.15, -0.1) is 0 Å². The van der Waals surface area contributed by atoms with E-state index >= 15 is 0 Å². The van der Waals surface area contributed by atoms with Crippen LogP contribution in [0.25, 0.3) is 0 Å². The van der Waals surface area contributed by atoms with Crippen LogP contribution >= 0.6 is 31.4 Å². The first-order valence-corrected chi connectivity index (χ1v) is 11.9. The van der Waals surface area contributed by atoms with Crippen LogP contribution in [0.3, 0.4) is 0 Å². The average Bonchev–Trinajstić information content (AvgIpc) is 2.53. The highest BCUT2D eigenvalue weighted by molar-refractivity contribution is 9.09. The molecule has 0 atom stereocenters. The SMILES string of the molecule is Cc1cc(SSSc2cc(C)c(O)c(C(C)C)c2)cc(C(C)C)c1O. The van der Waals surface area contributed by atoms with E-state index in [4.69, 9.17) is 0 Å². The maximum Gasteiger partial charge on any atom is 0.122 e. The standard InChI is InChI=1S/C20H26O2S3/c1-11(2)17-9-15(7-13(5)19(17)21)23-25-24-16-8-14(6)20(22)18(10-16)12(3)4/h7-12,21-22H,1-6H3. The highest BCUT2D eigenvalue weighted by Crippen LogP contribution is 2.47. The van der Waals surface area contributed by atoms with Crippen LogP contribution < -0.4 is 0 Å². The van der Waals surface area contributed by atoms with E-state index in [0.29, 0.717) is 23.3 Å². The first-order chi connectivity index (χ1) is 11.7. The Morgan fingerprint density at radius 3 is 1.36 bits per heavy atom. The molecule has 0 aromatic heterocycles. The zero-order chi connectivity index (χ0) is 18.7. The number of phenols is 2. The van der Waals surface area contributed by atoms with Crippen molar-refractivity contribution >= 4 is 31.4 Å². The first kappa shape index (κ1) is 20.4. The summed E-state index contributed by atoms with van der Waals surface area (Å²) in [7, 11) is 5.10. The highest BCUT2D eigenvalue weighted by Gasteiger charge is 2.13. The Morgan fingerprint density at radius 1 is 0.680 bits per heavy atom. The molecule has 0 spiro atoms. The molecule has 25 heavy (non-hydrogen) atoms. The summed E-state index contributed by atoms with van der Waals surface area (Å²) in [5.41, 5.74) is 3.83. The molecule has 0 aliphatic rings. The lowest BCUT2D eigenvalue weighted by molar-refractivity contribution is 0.459. The Balaban J connectivity index is 2.11. The molecule has 0 amide bonds. The number of aromatic hydroxyl groups is 2. The van der Waals surface area contributed by atoms with Crippen molar-refractivity contribution in [2.75, 3.05) is 0 Å². The minimum absolute atomic E-state index is 0.297. The molecule has 0 radical (unpaired) electrons. The molecule has 136 valence electrons. The van der Waals surface area contributed by atoms with Crippen LogP contribution in [-0.4, -0.2) is 10.2 Å². The van der Waals surface area contributed by atoms with Crippen LogP contribution in [0.15, 0.2) is 34.1 Å². The summed E-state index contributed by atoms with van der Waals surface area (Å²) in [5.74, 6) is 1.41. The van der Waals surface area contributed by atoms with Gasteiger partial charge >= 0.3 is 0 Å². The summed E-state index contributed by atoms with van der Waals surface area (Å²) in [6, 6.07) is 8.21. The van der Waals surface area contributed by atoms with Crippen LogP contribution in [-0.2, 0) is 0 Å². The molecule has 2 rings (SSSR count). The fourth-order valence-corrected chi connectivity index (χ4v) is 6.48. The molecular weight excluding hydrogens is 368 g/mol. The van der Waals surface area contributed by atoms with Gasteiger partial charge in [0.1, 0.15) is 11.5 Å². The largest absolute Gasteiger partial charge is 0.507 e. The van der Waals surface area contributed by atoms with E-state index in [-0.39, 0.29) is 0 Å². The summed E-state index contributed by atoms with van der Waals surface area (Å²) in [4.78, 5) is 2.30. The number of phenolic OH excluding ortho intramolecular Hbond substituents is 2. The topological polar surface area (TPSA) is 40.5 Å². The van der Waals surface area contributed by atoms with Crippen molar-refractivity contribution < 1.29 is 10.2 Å². The number of benzene rings is 2. The Bertz CT molecular complexity index is 692. The molecule has 0 heterocycles. The number of hydrogen-bond donors (Lipinski definition) is 2. The van der Waals surface area contributed by atoms with Gasteiger partial charge in [0.15, 0.2) is 0 Å². The van der Waals surface area contributed by atoms with Gasteiger partial charge in [0.2, 0.25) is 0 Å². The minimum atomic E-state index is 0.297. The molecule has 2 N–H and O–H groups in total. The van der Waals surface area contributed by atoms with Gasteiger partial charge in [0.25, 0.3) is 0 Å². The molecule has 0 bridgehead atoms. The van der Waals surface area contributed by atoms with Crippen molar-refractivity contribution in [2.24, 2.45) is 0 Å². The van der Waals surface area contributed by atoms with Gasteiger partial charge in [-0.1, -0.05) is 27.7 Å². The Labute approximate surface area is 162 Å². The Hall–Kier alpha value is -0.910. The molecule has 2 aromatic rings. The molecule has 0 unspecified atom stereocenters. The fourth-order valence-electron chi connectivity index (χ4n) is 2.62. The lowest BCUT2D eigenvalue weighted by atomic mass is 10.00. The molecule has 0 saturated carbocycles. The van der Waals surface area contributed by atoms with Gasteiger partial charge in [-0.05, 0) is 104 Å². The van der Waals surface area contributed by atoms with Crippen LogP contribution in [0.4, 0.5) is 0 Å². The maximum atomic E-state index is 10.2. The molecule has 5 heteroatoms. The molecule has 0 fully saturated rings. The zero-order valence-corrected chi connectivity index (χ0v) is 18.0. The molecule has 0 aliphatic carbocycles. The van der Waals surface area contributed by atoms with Crippen LogP contribution in [0.5, 0.6) is 11.5 Å². The molecule has 0 aliphatic heterocycles. The number of hydrogen-bond acceptors (Lipinski definition) is 5. The smallest absolute Gasteiger partial charge is 0.122 e. The van der Waals surface area contributed by atoms with Gasteiger partial charge in [0, 0.05) is 9.79 Å². The van der Waals surface area contributed by atoms with Crippen LogP contribution in [0, 0.1) is 13.8 Å².